The highest BCUT2D eigenvalue weighted by molar-refractivity contribution is 6.00. The lowest BCUT2D eigenvalue weighted by atomic mass is 10.1. The molecule has 3 rings (SSSR count). The number of hydrogen-bond acceptors (Lipinski definition) is 3. The Kier molecular flexibility index (Phi) is 4.42. The number of para-hydroxylation sites is 1. The summed E-state index contributed by atoms with van der Waals surface area (Å²) in [6.45, 7) is 1.51. The molecule has 0 aliphatic heterocycles. The van der Waals surface area contributed by atoms with E-state index in [1.54, 1.807) is 6.20 Å². The van der Waals surface area contributed by atoms with Crippen molar-refractivity contribution >= 4 is 22.7 Å². The third kappa shape index (κ3) is 3.35. The molecule has 24 heavy (non-hydrogen) atoms. The first-order chi connectivity index (χ1) is 11.5. The normalized spacial score (nSPS) is 12.1. The Bertz CT molecular complexity index is 883. The standard InChI is InChI=1S/C19H16FNO3/c1-12(19(23)13-6-8-15(20)9-7-13)24-18(22)10-14-11-21-17-5-3-2-4-16(14)17/h2-9,11-12,21H,10H2,1H3. The molecule has 1 heterocycles. The van der Waals surface area contributed by atoms with Crippen molar-refractivity contribution < 1.29 is 18.7 Å². The summed E-state index contributed by atoms with van der Waals surface area (Å²) < 4.78 is 18.1. The lowest BCUT2D eigenvalue weighted by Gasteiger charge is -2.12. The number of fused-ring (bicyclic) bond motifs is 1. The van der Waals surface area contributed by atoms with Crippen LogP contribution in [-0.2, 0) is 16.0 Å². The monoisotopic (exact) mass is 325 g/mol. The molecule has 0 spiro atoms. The molecule has 1 unspecified atom stereocenters. The molecule has 1 N–H and O–H groups in total. The second kappa shape index (κ2) is 6.66. The fourth-order valence-electron chi connectivity index (χ4n) is 2.57. The lowest BCUT2D eigenvalue weighted by Crippen LogP contribution is -2.25. The van der Waals surface area contributed by atoms with Gasteiger partial charge >= 0.3 is 5.97 Å². The molecule has 0 fully saturated rings. The molecule has 0 bridgehead atoms. The predicted molar refractivity (Wildman–Crippen MR) is 88.3 cm³/mol. The molecular formula is C19H16FNO3. The molecule has 2 aromatic carbocycles. The number of carbonyl (C=O) groups is 2. The zero-order chi connectivity index (χ0) is 17.1. The molecule has 0 saturated carbocycles. The Morgan fingerprint density at radius 2 is 1.83 bits per heavy atom. The van der Waals surface area contributed by atoms with Crippen LogP contribution in [0.15, 0.2) is 54.7 Å². The molecule has 0 radical (unpaired) electrons. The number of rotatable bonds is 5. The summed E-state index contributed by atoms with van der Waals surface area (Å²) in [5.41, 5.74) is 2.07. The molecule has 3 aromatic rings. The van der Waals surface area contributed by atoms with E-state index in [-0.39, 0.29) is 12.2 Å². The van der Waals surface area contributed by atoms with Crippen LogP contribution in [0.1, 0.15) is 22.8 Å². The second-order valence-corrected chi connectivity index (χ2v) is 5.54. The van der Waals surface area contributed by atoms with Crippen molar-refractivity contribution in [2.24, 2.45) is 0 Å². The van der Waals surface area contributed by atoms with Crippen LogP contribution in [0.25, 0.3) is 10.9 Å². The van der Waals surface area contributed by atoms with Crippen LogP contribution in [0.2, 0.25) is 0 Å². The van der Waals surface area contributed by atoms with Gasteiger partial charge in [-0.2, -0.15) is 0 Å². The number of carbonyl (C=O) groups excluding carboxylic acids is 2. The molecule has 1 atom stereocenters. The predicted octanol–water partition coefficient (Wildman–Crippen LogP) is 3.66. The fraction of sp³-hybridized carbons (Fsp3) is 0.158. The number of nitrogens with one attached hydrogen (secondary N) is 1. The minimum atomic E-state index is -0.923. The number of aromatic nitrogens is 1. The van der Waals surface area contributed by atoms with Crippen molar-refractivity contribution in [1.29, 1.82) is 0 Å². The minimum absolute atomic E-state index is 0.0745. The second-order valence-electron chi connectivity index (χ2n) is 5.54. The maximum absolute atomic E-state index is 12.9. The van der Waals surface area contributed by atoms with E-state index in [0.29, 0.717) is 5.56 Å². The quantitative estimate of drug-likeness (QED) is 0.575. The van der Waals surface area contributed by atoms with Gasteiger partial charge in [0.1, 0.15) is 5.82 Å². The number of halogens is 1. The molecule has 0 aliphatic carbocycles. The molecule has 0 aliphatic rings. The van der Waals surface area contributed by atoms with Gasteiger partial charge in [0.05, 0.1) is 6.42 Å². The zero-order valence-corrected chi connectivity index (χ0v) is 13.1. The van der Waals surface area contributed by atoms with Crippen molar-refractivity contribution in [2.75, 3.05) is 0 Å². The number of ether oxygens (including phenoxy) is 1. The number of ketones is 1. The molecular weight excluding hydrogens is 309 g/mol. The van der Waals surface area contributed by atoms with Crippen LogP contribution in [0.5, 0.6) is 0 Å². The summed E-state index contributed by atoms with van der Waals surface area (Å²) in [4.78, 5) is 27.4. The number of benzene rings is 2. The van der Waals surface area contributed by atoms with E-state index in [1.165, 1.54) is 31.2 Å². The first-order valence-electron chi connectivity index (χ1n) is 7.59. The fourth-order valence-corrected chi connectivity index (χ4v) is 2.57. The van der Waals surface area contributed by atoms with Crippen LogP contribution >= 0.6 is 0 Å². The third-order valence-electron chi connectivity index (χ3n) is 3.82. The molecule has 0 amide bonds. The highest BCUT2D eigenvalue weighted by atomic mass is 19.1. The molecule has 0 saturated heterocycles. The van der Waals surface area contributed by atoms with E-state index in [4.69, 9.17) is 4.74 Å². The van der Waals surface area contributed by atoms with E-state index in [9.17, 15) is 14.0 Å². The van der Waals surface area contributed by atoms with Crippen molar-refractivity contribution in [3.63, 3.8) is 0 Å². The van der Waals surface area contributed by atoms with Gasteiger partial charge in [0.2, 0.25) is 5.78 Å². The largest absolute Gasteiger partial charge is 0.454 e. The van der Waals surface area contributed by atoms with Crippen LogP contribution in [0.3, 0.4) is 0 Å². The van der Waals surface area contributed by atoms with Gasteiger partial charge in [0.25, 0.3) is 0 Å². The van der Waals surface area contributed by atoms with E-state index in [0.717, 1.165) is 16.5 Å². The summed E-state index contributed by atoms with van der Waals surface area (Å²) in [5, 5.41) is 0.951. The summed E-state index contributed by atoms with van der Waals surface area (Å²) in [6, 6.07) is 12.8. The van der Waals surface area contributed by atoms with Crippen molar-refractivity contribution in [3.05, 3.63) is 71.7 Å². The number of Topliss-reactive ketones (excluding diaryl/α,β-unsaturated/α-hetero) is 1. The number of aromatic amines is 1. The van der Waals surface area contributed by atoms with E-state index >= 15 is 0 Å². The van der Waals surface area contributed by atoms with Gasteiger partial charge in [-0.3, -0.25) is 9.59 Å². The van der Waals surface area contributed by atoms with Gasteiger partial charge in [0.15, 0.2) is 6.10 Å². The van der Waals surface area contributed by atoms with Crippen LogP contribution < -0.4 is 0 Å². The van der Waals surface area contributed by atoms with Crippen molar-refractivity contribution in [1.82, 2.24) is 4.98 Å². The Hall–Kier alpha value is -2.95. The first kappa shape index (κ1) is 15.9. The van der Waals surface area contributed by atoms with Gasteiger partial charge < -0.3 is 9.72 Å². The van der Waals surface area contributed by atoms with Crippen LogP contribution in [0, 0.1) is 5.82 Å². The maximum atomic E-state index is 12.9. The average molecular weight is 325 g/mol. The zero-order valence-electron chi connectivity index (χ0n) is 13.1. The van der Waals surface area contributed by atoms with Crippen LogP contribution in [0.4, 0.5) is 4.39 Å². The van der Waals surface area contributed by atoms with Gasteiger partial charge in [-0.1, -0.05) is 18.2 Å². The van der Waals surface area contributed by atoms with Gasteiger partial charge in [-0.25, -0.2) is 4.39 Å². The molecule has 5 heteroatoms. The van der Waals surface area contributed by atoms with Crippen LogP contribution in [-0.4, -0.2) is 22.8 Å². The van der Waals surface area contributed by atoms with Crippen molar-refractivity contribution in [2.45, 2.75) is 19.4 Å². The van der Waals surface area contributed by atoms with E-state index in [1.807, 2.05) is 24.3 Å². The smallest absolute Gasteiger partial charge is 0.311 e. The first-order valence-corrected chi connectivity index (χ1v) is 7.59. The Morgan fingerprint density at radius 3 is 2.58 bits per heavy atom. The molecule has 1 aromatic heterocycles. The van der Waals surface area contributed by atoms with Gasteiger partial charge in [0, 0.05) is 22.7 Å². The third-order valence-corrected chi connectivity index (χ3v) is 3.82. The highest BCUT2D eigenvalue weighted by Gasteiger charge is 2.20. The topological polar surface area (TPSA) is 59.2 Å². The Labute approximate surface area is 138 Å². The Balaban J connectivity index is 1.66. The summed E-state index contributed by atoms with van der Waals surface area (Å²) in [6.07, 6.45) is 0.914. The van der Waals surface area contributed by atoms with E-state index < -0.39 is 17.9 Å². The van der Waals surface area contributed by atoms with Crippen molar-refractivity contribution in [3.8, 4) is 0 Å². The molecule has 122 valence electrons. The SMILES string of the molecule is CC(OC(=O)Cc1c[nH]c2ccccc12)C(=O)c1ccc(F)cc1. The highest BCUT2D eigenvalue weighted by Crippen LogP contribution is 2.19. The van der Waals surface area contributed by atoms with Gasteiger partial charge in [-0.15, -0.1) is 0 Å². The summed E-state index contributed by atoms with van der Waals surface area (Å²) >= 11 is 0. The lowest BCUT2D eigenvalue weighted by molar-refractivity contribution is -0.145. The number of esters is 1. The summed E-state index contributed by atoms with van der Waals surface area (Å²) in [5.74, 6) is -1.26. The van der Waals surface area contributed by atoms with E-state index in [2.05, 4.69) is 4.98 Å². The Morgan fingerprint density at radius 1 is 1.12 bits per heavy atom. The number of H-pyrrole nitrogens is 1. The maximum Gasteiger partial charge on any atom is 0.311 e. The summed E-state index contributed by atoms with van der Waals surface area (Å²) in [7, 11) is 0. The minimum Gasteiger partial charge on any atom is -0.454 e. The number of hydrogen-bond donors (Lipinski definition) is 1. The average Bonchev–Trinajstić information content (AvgIpc) is 2.98. The van der Waals surface area contributed by atoms with Gasteiger partial charge in [-0.05, 0) is 42.8 Å². The molecule has 4 nitrogen and oxygen atoms in total.